The van der Waals surface area contributed by atoms with Gasteiger partial charge >= 0.3 is 0 Å². The van der Waals surface area contributed by atoms with Crippen molar-refractivity contribution >= 4 is 15.8 Å². The molecule has 0 atom stereocenters. The van der Waals surface area contributed by atoms with Crippen molar-refractivity contribution in [3.05, 3.63) is 29.8 Å². The third-order valence-electron chi connectivity index (χ3n) is 5.17. The van der Waals surface area contributed by atoms with E-state index in [4.69, 9.17) is 0 Å². The molecule has 1 N–H and O–H groups in total. The lowest BCUT2D eigenvalue weighted by molar-refractivity contribution is 0.151. The van der Waals surface area contributed by atoms with Crippen LogP contribution in [0.3, 0.4) is 0 Å². The van der Waals surface area contributed by atoms with E-state index in [9.17, 15) is 8.42 Å². The predicted molar refractivity (Wildman–Crippen MR) is 92.2 cm³/mol. The molecule has 2 aliphatic rings. The SMILES string of the molecule is CN=C(NCc1ccc(S(C)(=O)=O)cc1)N1CCC2(CCC2)C1. The zero-order valence-corrected chi connectivity index (χ0v) is 14.7. The van der Waals surface area contributed by atoms with Crippen molar-refractivity contribution in [3.8, 4) is 0 Å². The van der Waals surface area contributed by atoms with E-state index < -0.39 is 9.84 Å². The Bertz CT molecular complexity index is 691. The van der Waals surface area contributed by atoms with Crippen LogP contribution in [0, 0.1) is 5.41 Å². The van der Waals surface area contributed by atoms with Crippen LogP contribution in [0.2, 0.25) is 0 Å². The van der Waals surface area contributed by atoms with Crippen LogP contribution < -0.4 is 5.32 Å². The maximum Gasteiger partial charge on any atom is 0.193 e. The topological polar surface area (TPSA) is 61.8 Å². The number of aliphatic imine (C=N–C) groups is 1. The van der Waals surface area contributed by atoms with E-state index in [0.29, 0.717) is 16.9 Å². The molecular formula is C17H25N3O2S. The molecule has 2 fully saturated rings. The summed E-state index contributed by atoms with van der Waals surface area (Å²) in [6.45, 7) is 2.84. The quantitative estimate of drug-likeness (QED) is 0.678. The number of hydrogen-bond acceptors (Lipinski definition) is 3. The van der Waals surface area contributed by atoms with Crippen molar-refractivity contribution < 1.29 is 8.42 Å². The Hall–Kier alpha value is -1.56. The molecule has 3 rings (SSSR count). The summed E-state index contributed by atoms with van der Waals surface area (Å²) in [5, 5.41) is 3.40. The maximum absolute atomic E-state index is 11.5. The normalized spacial score (nSPS) is 20.6. The minimum absolute atomic E-state index is 0.358. The molecule has 1 aromatic rings. The first-order chi connectivity index (χ1) is 10.9. The molecule has 0 unspecified atom stereocenters. The van der Waals surface area contributed by atoms with Crippen LogP contribution in [-0.4, -0.2) is 45.7 Å². The summed E-state index contributed by atoms with van der Waals surface area (Å²) in [5.41, 5.74) is 1.60. The Kier molecular flexibility index (Phi) is 4.36. The highest BCUT2D eigenvalue weighted by atomic mass is 32.2. The molecule has 1 aliphatic heterocycles. The van der Waals surface area contributed by atoms with Gasteiger partial charge in [-0.2, -0.15) is 0 Å². The fraction of sp³-hybridized carbons (Fsp3) is 0.588. The number of benzene rings is 1. The molecule has 0 aromatic heterocycles. The first-order valence-electron chi connectivity index (χ1n) is 8.17. The standard InChI is InChI=1S/C17H25N3O2S/c1-18-16(20-11-10-17(13-20)8-3-9-17)19-12-14-4-6-15(7-5-14)23(2,21)22/h4-7H,3,8-13H2,1-2H3,(H,18,19). The number of hydrogen-bond donors (Lipinski definition) is 1. The van der Waals surface area contributed by atoms with Gasteiger partial charge in [-0.05, 0) is 42.4 Å². The molecule has 1 aromatic carbocycles. The second-order valence-corrected chi connectivity index (χ2v) is 8.86. The Balaban J connectivity index is 1.58. The molecule has 0 bridgehead atoms. The summed E-state index contributed by atoms with van der Waals surface area (Å²) in [4.78, 5) is 7.11. The molecule has 1 heterocycles. The van der Waals surface area contributed by atoms with Crippen LogP contribution in [0.5, 0.6) is 0 Å². The van der Waals surface area contributed by atoms with E-state index in [1.165, 1.54) is 31.9 Å². The van der Waals surface area contributed by atoms with Gasteiger partial charge in [-0.25, -0.2) is 8.42 Å². The number of rotatable bonds is 3. The van der Waals surface area contributed by atoms with Crippen LogP contribution in [0.4, 0.5) is 0 Å². The fourth-order valence-electron chi connectivity index (χ4n) is 3.57. The molecule has 5 nitrogen and oxygen atoms in total. The Morgan fingerprint density at radius 2 is 1.96 bits per heavy atom. The lowest BCUT2D eigenvalue weighted by Gasteiger charge is -2.38. The average molecular weight is 335 g/mol. The van der Waals surface area contributed by atoms with Crippen LogP contribution in [0.1, 0.15) is 31.2 Å². The maximum atomic E-state index is 11.5. The number of guanidine groups is 1. The van der Waals surface area contributed by atoms with Crippen LogP contribution >= 0.6 is 0 Å². The van der Waals surface area contributed by atoms with Crippen molar-refractivity contribution in [1.29, 1.82) is 0 Å². The van der Waals surface area contributed by atoms with Gasteiger partial charge in [0.25, 0.3) is 0 Å². The van der Waals surface area contributed by atoms with E-state index in [0.717, 1.165) is 24.6 Å². The van der Waals surface area contributed by atoms with E-state index in [1.54, 1.807) is 12.1 Å². The first-order valence-corrected chi connectivity index (χ1v) is 10.1. The summed E-state index contributed by atoms with van der Waals surface area (Å²) < 4.78 is 23.0. The summed E-state index contributed by atoms with van der Waals surface area (Å²) in [5.74, 6) is 0.945. The second kappa shape index (κ2) is 6.15. The van der Waals surface area contributed by atoms with E-state index >= 15 is 0 Å². The van der Waals surface area contributed by atoms with Crippen molar-refractivity contribution in [1.82, 2.24) is 10.2 Å². The number of nitrogens with zero attached hydrogens (tertiary/aromatic N) is 2. The smallest absolute Gasteiger partial charge is 0.193 e. The van der Waals surface area contributed by atoms with Gasteiger partial charge in [-0.1, -0.05) is 18.6 Å². The molecular weight excluding hydrogens is 310 g/mol. The van der Waals surface area contributed by atoms with Crippen LogP contribution in [0.15, 0.2) is 34.2 Å². The van der Waals surface area contributed by atoms with Crippen molar-refractivity contribution in [3.63, 3.8) is 0 Å². The minimum Gasteiger partial charge on any atom is -0.352 e. The highest BCUT2D eigenvalue weighted by Gasteiger charge is 2.43. The second-order valence-electron chi connectivity index (χ2n) is 6.84. The van der Waals surface area contributed by atoms with Crippen LogP contribution in [0.25, 0.3) is 0 Å². The molecule has 1 aliphatic carbocycles. The zero-order chi connectivity index (χ0) is 16.5. The van der Waals surface area contributed by atoms with Gasteiger partial charge in [0.05, 0.1) is 4.90 Å². The molecule has 1 spiro atoms. The van der Waals surface area contributed by atoms with Gasteiger partial charge in [0.1, 0.15) is 0 Å². The fourth-order valence-corrected chi connectivity index (χ4v) is 4.20. The minimum atomic E-state index is -3.13. The van der Waals surface area contributed by atoms with E-state index in [1.807, 2.05) is 19.2 Å². The molecule has 0 radical (unpaired) electrons. The third-order valence-corrected chi connectivity index (χ3v) is 6.29. The predicted octanol–water partition coefficient (Wildman–Crippen LogP) is 2.04. The summed E-state index contributed by atoms with van der Waals surface area (Å²) in [7, 11) is -1.31. The zero-order valence-electron chi connectivity index (χ0n) is 13.9. The molecule has 23 heavy (non-hydrogen) atoms. The summed E-state index contributed by atoms with van der Waals surface area (Å²) in [6, 6.07) is 7.03. The van der Waals surface area contributed by atoms with E-state index in [-0.39, 0.29) is 0 Å². The molecule has 0 amide bonds. The largest absolute Gasteiger partial charge is 0.352 e. The van der Waals surface area contributed by atoms with Crippen molar-refractivity contribution in [2.75, 3.05) is 26.4 Å². The third kappa shape index (κ3) is 3.52. The van der Waals surface area contributed by atoms with Gasteiger partial charge in [-0.3, -0.25) is 4.99 Å². The molecule has 1 saturated carbocycles. The van der Waals surface area contributed by atoms with Crippen molar-refractivity contribution in [2.45, 2.75) is 37.1 Å². The highest BCUT2D eigenvalue weighted by molar-refractivity contribution is 7.90. The first kappa shape index (κ1) is 16.3. The van der Waals surface area contributed by atoms with Gasteiger partial charge in [0.15, 0.2) is 15.8 Å². The number of likely N-dealkylation sites (tertiary alicyclic amines) is 1. The van der Waals surface area contributed by atoms with Crippen LogP contribution in [-0.2, 0) is 16.4 Å². The summed E-state index contributed by atoms with van der Waals surface area (Å²) in [6.07, 6.45) is 6.58. The Labute approximate surface area is 138 Å². The average Bonchev–Trinajstić information content (AvgIpc) is 2.93. The lowest BCUT2D eigenvalue weighted by Crippen LogP contribution is -2.42. The van der Waals surface area contributed by atoms with Crippen molar-refractivity contribution in [2.24, 2.45) is 10.4 Å². The Morgan fingerprint density at radius 3 is 2.43 bits per heavy atom. The summed E-state index contributed by atoms with van der Waals surface area (Å²) >= 11 is 0. The number of nitrogens with one attached hydrogen (secondary N) is 1. The Morgan fingerprint density at radius 1 is 1.26 bits per heavy atom. The van der Waals surface area contributed by atoms with Gasteiger partial charge in [0, 0.05) is 32.9 Å². The van der Waals surface area contributed by atoms with Gasteiger partial charge < -0.3 is 10.2 Å². The molecule has 126 valence electrons. The van der Waals surface area contributed by atoms with Gasteiger partial charge in [0.2, 0.25) is 0 Å². The monoisotopic (exact) mass is 335 g/mol. The number of sulfone groups is 1. The van der Waals surface area contributed by atoms with Gasteiger partial charge in [-0.15, -0.1) is 0 Å². The molecule has 6 heteroatoms. The lowest BCUT2D eigenvalue weighted by atomic mass is 9.68. The highest BCUT2D eigenvalue weighted by Crippen LogP contribution is 2.47. The van der Waals surface area contributed by atoms with E-state index in [2.05, 4.69) is 15.2 Å². The molecule has 1 saturated heterocycles.